The summed E-state index contributed by atoms with van der Waals surface area (Å²) in [4.78, 5) is 12.8. The first-order valence-electron chi connectivity index (χ1n) is 4.76. The molecule has 1 aliphatic rings. The molecule has 0 aromatic rings. The second-order valence-electron chi connectivity index (χ2n) is 3.57. The minimum atomic E-state index is -0.481. The Balaban J connectivity index is 2.48. The second kappa shape index (κ2) is 5.51. The van der Waals surface area contributed by atoms with Gasteiger partial charge in [-0.1, -0.05) is 0 Å². The van der Waals surface area contributed by atoms with Gasteiger partial charge in [0.2, 0.25) is 5.91 Å². The number of nitrogens with zero attached hydrogens (tertiary/aromatic N) is 1. The van der Waals surface area contributed by atoms with Crippen LogP contribution in [-0.4, -0.2) is 47.7 Å². The number of aliphatic hydroxyl groups excluding tert-OH is 1. The predicted octanol–water partition coefficient (Wildman–Crippen LogP) is 0.794. The standard InChI is InChI=1S/C9H15ClFNO2/c10-5-9(14)12-4-2-8(13)7(6-12)1-3-11/h7-8,13H,1-6H2/t7-,8+/m1/s1. The molecule has 0 spiro atoms. The Morgan fingerprint density at radius 2 is 2.36 bits per heavy atom. The van der Waals surface area contributed by atoms with E-state index < -0.39 is 12.8 Å². The number of halogens is 2. The highest BCUT2D eigenvalue weighted by Gasteiger charge is 2.29. The van der Waals surface area contributed by atoms with Crippen LogP contribution in [0.2, 0.25) is 0 Å². The number of hydrogen-bond donors (Lipinski definition) is 1. The molecule has 1 saturated heterocycles. The first-order valence-corrected chi connectivity index (χ1v) is 5.30. The molecule has 0 aromatic carbocycles. The Kier molecular flexibility index (Phi) is 4.62. The molecule has 0 unspecified atom stereocenters. The van der Waals surface area contributed by atoms with E-state index >= 15 is 0 Å². The maximum atomic E-state index is 12.1. The zero-order valence-electron chi connectivity index (χ0n) is 7.96. The van der Waals surface area contributed by atoms with Gasteiger partial charge in [0.1, 0.15) is 5.88 Å². The van der Waals surface area contributed by atoms with Crippen LogP contribution in [0.3, 0.4) is 0 Å². The van der Waals surface area contributed by atoms with Crippen molar-refractivity contribution in [2.45, 2.75) is 18.9 Å². The van der Waals surface area contributed by atoms with Crippen molar-refractivity contribution in [3.63, 3.8) is 0 Å². The molecule has 1 amide bonds. The number of aliphatic hydroxyl groups is 1. The molecule has 1 N–H and O–H groups in total. The quantitative estimate of drug-likeness (QED) is 0.719. The molecule has 5 heteroatoms. The van der Waals surface area contributed by atoms with Crippen LogP contribution in [0.4, 0.5) is 4.39 Å². The minimum Gasteiger partial charge on any atom is -0.393 e. The highest BCUT2D eigenvalue weighted by atomic mass is 35.5. The number of piperidine rings is 1. The van der Waals surface area contributed by atoms with E-state index in [2.05, 4.69) is 0 Å². The molecule has 1 aliphatic heterocycles. The van der Waals surface area contributed by atoms with E-state index in [0.29, 0.717) is 25.9 Å². The van der Waals surface area contributed by atoms with Crippen LogP contribution in [0.25, 0.3) is 0 Å². The Bertz CT molecular complexity index is 203. The molecule has 0 radical (unpaired) electrons. The predicted molar refractivity (Wildman–Crippen MR) is 52.0 cm³/mol. The lowest BCUT2D eigenvalue weighted by Gasteiger charge is -2.35. The van der Waals surface area contributed by atoms with Crippen molar-refractivity contribution in [1.82, 2.24) is 4.90 Å². The minimum absolute atomic E-state index is 0.0432. The van der Waals surface area contributed by atoms with Gasteiger partial charge in [-0.25, -0.2) is 0 Å². The van der Waals surface area contributed by atoms with Crippen molar-refractivity contribution in [3.8, 4) is 0 Å². The average Bonchev–Trinajstić information content (AvgIpc) is 2.20. The fourth-order valence-electron chi connectivity index (χ4n) is 1.75. The van der Waals surface area contributed by atoms with Crippen molar-refractivity contribution in [2.75, 3.05) is 25.6 Å². The fourth-order valence-corrected chi connectivity index (χ4v) is 1.92. The number of rotatable bonds is 3. The summed E-state index contributed by atoms with van der Waals surface area (Å²) in [6.45, 7) is 0.497. The largest absolute Gasteiger partial charge is 0.393 e. The molecule has 1 heterocycles. The lowest BCUT2D eigenvalue weighted by atomic mass is 9.92. The van der Waals surface area contributed by atoms with Gasteiger partial charge < -0.3 is 10.0 Å². The molecule has 82 valence electrons. The topological polar surface area (TPSA) is 40.5 Å². The van der Waals surface area contributed by atoms with Gasteiger partial charge in [0.15, 0.2) is 0 Å². The maximum Gasteiger partial charge on any atom is 0.237 e. The zero-order valence-corrected chi connectivity index (χ0v) is 8.71. The molecule has 0 aromatic heterocycles. The van der Waals surface area contributed by atoms with Crippen molar-refractivity contribution in [3.05, 3.63) is 0 Å². The van der Waals surface area contributed by atoms with Crippen molar-refractivity contribution in [2.24, 2.45) is 5.92 Å². The first-order chi connectivity index (χ1) is 6.69. The molecule has 1 rings (SSSR count). The van der Waals surface area contributed by atoms with Gasteiger partial charge in [0.25, 0.3) is 0 Å². The van der Waals surface area contributed by atoms with Gasteiger partial charge in [0, 0.05) is 19.0 Å². The number of carbonyl (C=O) groups excluding carboxylic acids is 1. The summed E-state index contributed by atoms with van der Waals surface area (Å²) in [7, 11) is 0. The van der Waals surface area contributed by atoms with E-state index in [0.717, 1.165) is 0 Å². The first kappa shape index (κ1) is 11.7. The number of likely N-dealkylation sites (tertiary alicyclic amines) is 1. The highest BCUT2D eigenvalue weighted by Crippen LogP contribution is 2.20. The SMILES string of the molecule is O=C(CCl)N1CC[C@H](O)[C@H](CCF)C1. The van der Waals surface area contributed by atoms with Crippen molar-refractivity contribution >= 4 is 17.5 Å². The summed E-state index contributed by atoms with van der Waals surface area (Å²) in [6, 6.07) is 0. The van der Waals surface area contributed by atoms with Gasteiger partial charge >= 0.3 is 0 Å². The fraction of sp³-hybridized carbons (Fsp3) is 0.889. The highest BCUT2D eigenvalue weighted by molar-refractivity contribution is 6.27. The molecule has 1 fully saturated rings. The van der Waals surface area contributed by atoms with E-state index in [4.69, 9.17) is 11.6 Å². The third kappa shape index (κ3) is 2.82. The monoisotopic (exact) mass is 223 g/mol. The van der Waals surface area contributed by atoms with Crippen LogP contribution in [0.5, 0.6) is 0 Å². The summed E-state index contributed by atoms with van der Waals surface area (Å²) in [5.74, 6) is -0.318. The lowest BCUT2D eigenvalue weighted by molar-refractivity contribution is -0.132. The molecule has 14 heavy (non-hydrogen) atoms. The summed E-state index contributed by atoms with van der Waals surface area (Å²) in [5.41, 5.74) is 0. The van der Waals surface area contributed by atoms with Crippen LogP contribution < -0.4 is 0 Å². The van der Waals surface area contributed by atoms with E-state index in [1.807, 2.05) is 0 Å². The summed E-state index contributed by atoms with van der Waals surface area (Å²) < 4.78 is 12.1. The number of carbonyl (C=O) groups is 1. The maximum absolute atomic E-state index is 12.1. The second-order valence-corrected chi connectivity index (χ2v) is 3.83. The molecule has 0 saturated carbocycles. The molecule has 0 aliphatic carbocycles. The van der Waals surface area contributed by atoms with E-state index in [1.165, 1.54) is 0 Å². The third-order valence-electron chi connectivity index (χ3n) is 2.64. The number of hydrogen-bond acceptors (Lipinski definition) is 2. The van der Waals surface area contributed by atoms with Crippen molar-refractivity contribution in [1.29, 1.82) is 0 Å². The molecule has 2 atom stereocenters. The normalized spacial score (nSPS) is 27.8. The summed E-state index contributed by atoms with van der Waals surface area (Å²) >= 11 is 5.42. The van der Waals surface area contributed by atoms with Crippen molar-refractivity contribution < 1.29 is 14.3 Å². The van der Waals surface area contributed by atoms with E-state index in [1.54, 1.807) is 4.90 Å². The number of amides is 1. The van der Waals surface area contributed by atoms with Crippen LogP contribution in [-0.2, 0) is 4.79 Å². The lowest BCUT2D eigenvalue weighted by Crippen LogP contribution is -2.46. The molecule has 3 nitrogen and oxygen atoms in total. The Morgan fingerprint density at radius 1 is 1.64 bits per heavy atom. The Hall–Kier alpha value is -0.350. The van der Waals surface area contributed by atoms with Crippen LogP contribution in [0.15, 0.2) is 0 Å². The molecular weight excluding hydrogens is 209 g/mol. The van der Waals surface area contributed by atoms with Gasteiger partial charge in [0.05, 0.1) is 12.8 Å². The van der Waals surface area contributed by atoms with Gasteiger partial charge in [-0.15, -0.1) is 11.6 Å². The molecule has 0 bridgehead atoms. The summed E-state index contributed by atoms with van der Waals surface area (Å²) in [6.07, 6.45) is 0.352. The van der Waals surface area contributed by atoms with Crippen LogP contribution >= 0.6 is 11.6 Å². The van der Waals surface area contributed by atoms with Crippen LogP contribution in [0, 0.1) is 5.92 Å². The smallest absolute Gasteiger partial charge is 0.237 e. The number of alkyl halides is 2. The van der Waals surface area contributed by atoms with Gasteiger partial charge in [-0.05, 0) is 12.8 Å². The Labute approximate surface area is 87.8 Å². The molecular formula is C9H15ClFNO2. The van der Waals surface area contributed by atoms with Gasteiger partial charge in [-0.2, -0.15) is 0 Å². The van der Waals surface area contributed by atoms with E-state index in [9.17, 15) is 14.3 Å². The summed E-state index contributed by atoms with van der Waals surface area (Å²) in [5, 5.41) is 9.53. The van der Waals surface area contributed by atoms with E-state index in [-0.39, 0.29) is 17.7 Å². The van der Waals surface area contributed by atoms with Crippen LogP contribution in [0.1, 0.15) is 12.8 Å². The zero-order chi connectivity index (χ0) is 10.6. The van der Waals surface area contributed by atoms with Gasteiger partial charge in [-0.3, -0.25) is 9.18 Å². The average molecular weight is 224 g/mol. The Morgan fingerprint density at radius 3 is 2.93 bits per heavy atom. The third-order valence-corrected chi connectivity index (χ3v) is 2.87.